The predicted molar refractivity (Wildman–Crippen MR) is 95.8 cm³/mol. The fourth-order valence-electron chi connectivity index (χ4n) is 1.80. The Morgan fingerprint density at radius 2 is 2.05 bits per heavy atom. The first-order valence-electron chi connectivity index (χ1n) is 6.63. The van der Waals surface area contributed by atoms with Crippen molar-refractivity contribution in [2.45, 2.75) is 12.3 Å². The summed E-state index contributed by atoms with van der Waals surface area (Å²) >= 11 is 6.67. The Morgan fingerprint density at radius 1 is 1.32 bits per heavy atom. The number of thiophene rings is 1. The molecule has 0 bridgehead atoms. The average molecular weight is 395 g/mol. The van der Waals surface area contributed by atoms with Gasteiger partial charge in [-0.1, -0.05) is 12.1 Å². The van der Waals surface area contributed by atoms with Gasteiger partial charge in [0.05, 0.1) is 27.7 Å². The molecule has 0 N–H and O–H groups in total. The van der Waals surface area contributed by atoms with E-state index in [1.165, 1.54) is 4.88 Å². The van der Waals surface area contributed by atoms with Crippen molar-refractivity contribution in [1.29, 1.82) is 5.26 Å². The summed E-state index contributed by atoms with van der Waals surface area (Å²) in [5, 5.41) is 8.75. The van der Waals surface area contributed by atoms with Gasteiger partial charge < -0.3 is 4.90 Å². The maximum absolute atomic E-state index is 12.1. The highest BCUT2D eigenvalue weighted by Gasteiger charge is 2.10. The minimum absolute atomic E-state index is 0.128. The van der Waals surface area contributed by atoms with Crippen molar-refractivity contribution < 1.29 is 4.79 Å². The lowest BCUT2D eigenvalue weighted by Gasteiger charge is -2.15. The minimum atomic E-state index is 0.128. The molecule has 0 fully saturated rings. The van der Waals surface area contributed by atoms with Crippen molar-refractivity contribution in [3.63, 3.8) is 0 Å². The van der Waals surface area contributed by atoms with Crippen molar-refractivity contribution in [3.05, 3.63) is 56.2 Å². The van der Waals surface area contributed by atoms with Crippen LogP contribution in [0.5, 0.6) is 0 Å². The summed E-state index contributed by atoms with van der Waals surface area (Å²) in [4.78, 5) is 15.0. The molecule has 0 aliphatic heterocycles. The number of thioether (sulfide) groups is 1. The van der Waals surface area contributed by atoms with Gasteiger partial charge in [0.25, 0.3) is 0 Å². The lowest BCUT2D eigenvalue weighted by Crippen LogP contribution is -2.27. The summed E-state index contributed by atoms with van der Waals surface area (Å²) < 4.78 is 1.08. The van der Waals surface area contributed by atoms with E-state index in [1.54, 1.807) is 40.1 Å². The average Bonchev–Trinajstić information content (AvgIpc) is 2.93. The minimum Gasteiger partial charge on any atom is -0.340 e. The number of hydrogen-bond donors (Lipinski definition) is 0. The maximum Gasteiger partial charge on any atom is 0.232 e. The van der Waals surface area contributed by atoms with Crippen molar-refractivity contribution in [3.8, 4) is 6.07 Å². The van der Waals surface area contributed by atoms with Crippen LogP contribution < -0.4 is 0 Å². The van der Waals surface area contributed by atoms with Crippen LogP contribution in [0.1, 0.15) is 16.0 Å². The maximum atomic E-state index is 12.1. The second-order valence-electron chi connectivity index (χ2n) is 4.76. The van der Waals surface area contributed by atoms with Gasteiger partial charge in [-0.05, 0) is 45.8 Å². The molecule has 0 saturated carbocycles. The highest BCUT2D eigenvalue weighted by atomic mass is 79.9. The molecule has 114 valence electrons. The monoisotopic (exact) mass is 394 g/mol. The molecule has 1 heterocycles. The van der Waals surface area contributed by atoms with Crippen LogP contribution in [0.2, 0.25) is 0 Å². The van der Waals surface area contributed by atoms with Gasteiger partial charge in [-0.2, -0.15) is 5.26 Å². The molecule has 2 rings (SSSR count). The van der Waals surface area contributed by atoms with Crippen molar-refractivity contribution in [1.82, 2.24) is 4.90 Å². The summed E-state index contributed by atoms with van der Waals surface area (Å²) in [6.45, 7) is 0.645. The molecular weight excluding hydrogens is 380 g/mol. The van der Waals surface area contributed by atoms with Crippen LogP contribution in [-0.4, -0.2) is 23.6 Å². The first-order chi connectivity index (χ1) is 10.6. The Labute approximate surface area is 147 Å². The second-order valence-corrected chi connectivity index (χ2v) is 8.29. The van der Waals surface area contributed by atoms with E-state index in [0.29, 0.717) is 17.9 Å². The van der Waals surface area contributed by atoms with E-state index < -0.39 is 0 Å². The number of halogens is 1. The third-order valence-corrected chi connectivity index (χ3v) is 5.62. The molecule has 0 saturated heterocycles. The Kier molecular flexibility index (Phi) is 6.49. The molecule has 0 aliphatic rings. The highest BCUT2D eigenvalue weighted by Crippen LogP contribution is 2.23. The molecule has 1 amide bonds. The number of benzene rings is 1. The van der Waals surface area contributed by atoms with Gasteiger partial charge in [0.15, 0.2) is 0 Å². The Morgan fingerprint density at radius 3 is 2.64 bits per heavy atom. The zero-order chi connectivity index (χ0) is 15.9. The SMILES string of the molecule is CN(Cc1ccc(Br)s1)C(=O)CSCc1ccc(C#N)cc1. The Hall–Kier alpha value is -1.29. The van der Waals surface area contributed by atoms with Crippen LogP contribution in [0, 0.1) is 11.3 Å². The van der Waals surface area contributed by atoms with E-state index in [9.17, 15) is 4.79 Å². The van der Waals surface area contributed by atoms with Crippen LogP contribution >= 0.6 is 39.0 Å². The quantitative estimate of drug-likeness (QED) is 0.734. The van der Waals surface area contributed by atoms with Crippen molar-refractivity contribution >= 4 is 44.9 Å². The zero-order valence-corrected chi connectivity index (χ0v) is 15.3. The summed E-state index contributed by atoms with van der Waals surface area (Å²) in [5.41, 5.74) is 1.79. The van der Waals surface area contributed by atoms with Crippen LogP contribution in [0.15, 0.2) is 40.2 Å². The number of rotatable bonds is 6. The van der Waals surface area contributed by atoms with Crippen molar-refractivity contribution in [2.75, 3.05) is 12.8 Å². The Bertz CT molecular complexity index is 676. The van der Waals surface area contributed by atoms with Gasteiger partial charge in [-0.25, -0.2) is 0 Å². The lowest BCUT2D eigenvalue weighted by molar-refractivity contribution is -0.127. The second kappa shape index (κ2) is 8.37. The van der Waals surface area contributed by atoms with Gasteiger partial charge in [0.2, 0.25) is 5.91 Å². The fraction of sp³-hybridized carbons (Fsp3) is 0.250. The summed E-state index contributed by atoms with van der Waals surface area (Å²) in [6.07, 6.45) is 0. The van der Waals surface area contributed by atoms with Crippen LogP contribution in [-0.2, 0) is 17.1 Å². The standard InChI is InChI=1S/C16H15BrN2OS2/c1-19(9-14-6-7-15(17)22-14)16(20)11-21-10-13-4-2-12(8-18)3-5-13/h2-7H,9-11H2,1H3. The lowest BCUT2D eigenvalue weighted by atomic mass is 10.2. The van der Waals surface area contributed by atoms with E-state index in [1.807, 2.05) is 31.3 Å². The van der Waals surface area contributed by atoms with Crippen LogP contribution in [0.3, 0.4) is 0 Å². The van der Waals surface area contributed by atoms with E-state index in [4.69, 9.17) is 5.26 Å². The number of amides is 1. The van der Waals surface area contributed by atoms with Crippen LogP contribution in [0.4, 0.5) is 0 Å². The topological polar surface area (TPSA) is 44.1 Å². The molecule has 6 heteroatoms. The zero-order valence-electron chi connectivity index (χ0n) is 12.1. The van der Waals surface area contributed by atoms with Gasteiger partial charge in [-0.15, -0.1) is 23.1 Å². The molecule has 3 nitrogen and oxygen atoms in total. The molecule has 1 aromatic heterocycles. The van der Waals surface area contributed by atoms with Gasteiger partial charge in [0, 0.05) is 17.7 Å². The molecular formula is C16H15BrN2OS2. The largest absolute Gasteiger partial charge is 0.340 e. The molecule has 0 radical (unpaired) electrons. The van der Waals surface area contributed by atoms with Gasteiger partial charge in [-0.3, -0.25) is 4.79 Å². The number of hydrogen-bond acceptors (Lipinski definition) is 4. The molecule has 1 aromatic carbocycles. The highest BCUT2D eigenvalue weighted by molar-refractivity contribution is 9.11. The smallest absolute Gasteiger partial charge is 0.232 e. The fourth-order valence-corrected chi connectivity index (χ4v) is 4.26. The first-order valence-corrected chi connectivity index (χ1v) is 9.40. The molecule has 0 unspecified atom stereocenters. The van der Waals surface area contributed by atoms with E-state index in [0.717, 1.165) is 15.1 Å². The Balaban J connectivity index is 1.75. The first kappa shape index (κ1) is 17.1. The summed E-state index contributed by atoms with van der Waals surface area (Å²) in [7, 11) is 1.83. The third kappa shape index (κ3) is 5.16. The van der Waals surface area contributed by atoms with Gasteiger partial charge >= 0.3 is 0 Å². The van der Waals surface area contributed by atoms with E-state index in [-0.39, 0.29) is 5.91 Å². The predicted octanol–water partition coefficient (Wildman–Crippen LogP) is 4.27. The molecule has 2 aromatic rings. The van der Waals surface area contributed by atoms with Crippen molar-refractivity contribution in [2.24, 2.45) is 0 Å². The molecule has 0 spiro atoms. The number of nitriles is 1. The number of carbonyl (C=O) groups is 1. The summed E-state index contributed by atoms with van der Waals surface area (Å²) in [5.74, 6) is 1.36. The van der Waals surface area contributed by atoms with E-state index >= 15 is 0 Å². The number of carbonyl (C=O) groups excluding carboxylic acids is 1. The van der Waals surface area contributed by atoms with Crippen LogP contribution in [0.25, 0.3) is 0 Å². The molecule has 22 heavy (non-hydrogen) atoms. The van der Waals surface area contributed by atoms with E-state index in [2.05, 4.69) is 22.0 Å². The third-order valence-electron chi connectivity index (χ3n) is 3.02. The molecule has 0 aliphatic carbocycles. The normalized spacial score (nSPS) is 10.2. The summed E-state index contributed by atoms with van der Waals surface area (Å²) in [6, 6.07) is 13.6. The molecule has 0 atom stereocenters. The van der Waals surface area contributed by atoms with Gasteiger partial charge in [0.1, 0.15) is 0 Å². The number of nitrogens with zero attached hydrogens (tertiary/aromatic N) is 2.